The molecular formula is C14H21N3S. The van der Waals surface area contributed by atoms with E-state index in [1.165, 1.54) is 16.8 Å². The topological polar surface area (TPSA) is 29.9 Å². The van der Waals surface area contributed by atoms with E-state index >= 15 is 0 Å². The highest BCUT2D eigenvalue weighted by molar-refractivity contribution is 7.07. The number of aromatic nitrogens is 2. The largest absolute Gasteiger partial charge is 0.316 e. The highest BCUT2D eigenvalue weighted by Crippen LogP contribution is 2.17. The zero-order chi connectivity index (χ0) is 13.1. The fourth-order valence-corrected chi connectivity index (χ4v) is 3.01. The Morgan fingerprint density at radius 2 is 2.17 bits per heavy atom. The van der Waals surface area contributed by atoms with E-state index < -0.39 is 0 Å². The number of nitrogens with zero attached hydrogens (tertiary/aromatic N) is 2. The second kappa shape index (κ2) is 5.67. The molecule has 98 valence electrons. The average molecular weight is 263 g/mol. The summed E-state index contributed by atoms with van der Waals surface area (Å²) < 4.78 is 1.97. The normalized spacial score (nSPS) is 12.9. The first-order valence-corrected chi connectivity index (χ1v) is 7.23. The number of aryl methyl sites for hydroxylation is 2. The minimum Gasteiger partial charge on any atom is -0.316 e. The highest BCUT2D eigenvalue weighted by atomic mass is 32.1. The summed E-state index contributed by atoms with van der Waals surface area (Å²) in [5.41, 5.74) is 5.23. The summed E-state index contributed by atoms with van der Waals surface area (Å²) in [6.07, 6.45) is 2.12. The van der Waals surface area contributed by atoms with E-state index in [0.717, 1.165) is 18.5 Å². The number of hydrogen-bond acceptors (Lipinski definition) is 3. The van der Waals surface area contributed by atoms with Gasteiger partial charge in [-0.3, -0.25) is 4.68 Å². The standard InChI is InChI=1S/C14H21N3S/c1-10-14(11(2)17(4)16-10)8-13(15-3)7-12-5-6-18-9-12/h5-6,9,13,15H,7-8H2,1-4H3. The number of rotatable bonds is 5. The van der Waals surface area contributed by atoms with Crippen LogP contribution >= 0.6 is 11.3 Å². The van der Waals surface area contributed by atoms with Gasteiger partial charge in [-0.15, -0.1) is 0 Å². The fraction of sp³-hybridized carbons (Fsp3) is 0.500. The molecule has 0 fully saturated rings. The summed E-state index contributed by atoms with van der Waals surface area (Å²) in [6.45, 7) is 4.24. The van der Waals surface area contributed by atoms with Crippen LogP contribution in [-0.4, -0.2) is 22.9 Å². The van der Waals surface area contributed by atoms with Gasteiger partial charge in [-0.05, 0) is 61.7 Å². The highest BCUT2D eigenvalue weighted by Gasteiger charge is 2.15. The van der Waals surface area contributed by atoms with Gasteiger partial charge in [-0.25, -0.2) is 0 Å². The molecule has 0 amide bonds. The SMILES string of the molecule is CNC(Cc1ccsc1)Cc1c(C)nn(C)c1C. The molecule has 2 aromatic rings. The summed E-state index contributed by atoms with van der Waals surface area (Å²) in [5.74, 6) is 0. The minimum absolute atomic E-state index is 0.473. The van der Waals surface area contributed by atoms with Crippen LogP contribution in [0, 0.1) is 13.8 Å². The smallest absolute Gasteiger partial charge is 0.0628 e. The van der Waals surface area contributed by atoms with Crippen molar-refractivity contribution in [2.45, 2.75) is 32.7 Å². The monoisotopic (exact) mass is 263 g/mol. The van der Waals surface area contributed by atoms with Crippen LogP contribution < -0.4 is 5.32 Å². The fourth-order valence-electron chi connectivity index (χ4n) is 2.33. The Labute approximate surface area is 113 Å². The van der Waals surface area contributed by atoms with E-state index in [1.54, 1.807) is 11.3 Å². The van der Waals surface area contributed by atoms with Gasteiger partial charge in [-0.2, -0.15) is 16.4 Å². The number of hydrogen-bond donors (Lipinski definition) is 1. The maximum absolute atomic E-state index is 4.49. The van der Waals surface area contributed by atoms with E-state index in [4.69, 9.17) is 0 Å². The maximum Gasteiger partial charge on any atom is 0.0628 e. The van der Waals surface area contributed by atoms with E-state index in [-0.39, 0.29) is 0 Å². The van der Waals surface area contributed by atoms with Crippen molar-refractivity contribution in [2.24, 2.45) is 7.05 Å². The first-order valence-electron chi connectivity index (χ1n) is 6.29. The minimum atomic E-state index is 0.473. The van der Waals surface area contributed by atoms with Gasteiger partial charge in [0.15, 0.2) is 0 Å². The number of thiophene rings is 1. The molecule has 0 radical (unpaired) electrons. The summed E-state index contributed by atoms with van der Waals surface area (Å²) >= 11 is 1.76. The lowest BCUT2D eigenvalue weighted by atomic mass is 9.99. The van der Waals surface area contributed by atoms with Crippen LogP contribution in [0.1, 0.15) is 22.5 Å². The molecule has 0 aliphatic heterocycles. The molecule has 0 aliphatic rings. The van der Waals surface area contributed by atoms with E-state index in [0.29, 0.717) is 6.04 Å². The van der Waals surface area contributed by atoms with Crippen molar-refractivity contribution in [3.63, 3.8) is 0 Å². The van der Waals surface area contributed by atoms with Crippen molar-refractivity contribution in [3.05, 3.63) is 39.3 Å². The van der Waals surface area contributed by atoms with E-state index in [2.05, 4.69) is 41.1 Å². The molecule has 2 rings (SSSR count). The van der Waals surface area contributed by atoms with Gasteiger partial charge in [0.2, 0.25) is 0 Å². The van der Waals surface area contributed by atoms with Crippen molar-refractivity contribution < 1.29 is 0 Å². The van der Waals surface area contributed by atoms with Crippen LogP contribution in [0.5, 0.6) is 0 Å². The molecule has 0 bridgehead atoms. The number of likely N-dealkylation sites (N-methyl/N-ethyl adjacent to an activating group) is 1. The Bertz CT molecular complexity index is 499. The Kier molecular flexibility index (Phi) is 4.19. The maximum atomic E-state index is 4.49. The molecule has 2 aromatic heterocycles. The average Bonchev–Trinajstić information content (AvgIpc) is 2.92. The molecule has 18 heavy (non-hydrogen) atoms. The van der Waals surface area contributed by atoms with Crippen LogP contribution in [0.2, 0.25) is 0 Å². The summed E-state index contributed by atoms with van der Waals surface area (Å²) in [5, 5.41) is 12.3. The summed E-state index contributed by atoms with van der Waals surface area (Å²) in [4.78, 5) is 0. The Morgan fingerprint density at radius 3 is 2.67 bits per heavy atom. The van der Waals surface area contributed by atoms with Crippen LogP contribution in [0.3, 0.4) is 0 Å². The van der Waals surface area contributed by atoms with Crippen molar-refractivity contribution in [3.8, 4) is 0 Å². The van der Waals surface area contributed by atoms with Crippen LogP contribution in [0.4, 0.5) is 0 Å². The quantitative estimate of drug-likeness (QED) is 0.898. The third kappa shape index (κ3) is 2.82. The van der Waals surface area contributed by atoms with Gasteiger partial charge in [-0.1, -0.05) is 0 Å². The van der Waals surface area contributed by atoms with Gasteiger partial charge in [0.05, 0.1) is 5.69 Å². The van der Waals surface area contributed by atoms with Gasteiger partial charge in [0.1, 0.15) is 0 Å². The molecule has 2 heterocycles. The zero-order valence-corrected chi connectivity index (χ0v) is 12.3. The lowest BCUT2D eigenvalue weighted by Gasteiger charge is -2.15. The van der Waals surface area contributed by atoms with Crippen LogP contribution in [0.25, 0.3) is 0 Å². The van der Waals surface area contributed by atoms with E-state index in [1.807, 2.05) is 18.8 Å². The molecule has 0 aromatic carbocycles. The molecule has 3 nitrogen and oxygen atoms in total. The number of nitrogens with one attached hydrogen (secondary N) is 1. The summed E-state index contributed by atoms with van der Waals surface area (Å²) in [7, 11) is 4.05. The lowest BCUT2D eigenvalue weighted by Crippen LogP contribution is -2.30. The van der Waals surface area contributed by atoms with Gasteiger partial charge < -0.3 is 5.32 Å². The molecule has 0 spiro atoms. The first kappa shape index (κ1) is 13.3. The Balaban J connectivity index is 2.10. The molecule has 0 aliphatic carbocycles. The van der Waals surface area contributed by atoms with Crippen LogP contribution in [0.15, 0.2) is 16.8 Å². The van der Waals surface area contributed by atoms with Gasteiger partial charge in [0.25, 0.3) is 0 Å². The van der Waals surface area contributed by atoms with Crippen molar-refractivity contribution in [1.29, 1.82) is 0 Å². The van der Waals surface area contributed by atoms with Crippen molar-refractivity contribution >= 4 is 11.3 Å². The lowest BCUT2D eigenvalue weighted by molar-refractivity contribution is 0.554. The van der Waals surface area contributed by atoms with Crippen LogP contribution in [-0.2, 0) is 19.9 Å². The molecule has 1 unspecified atom stereocenters. The Hall–Kier alpha value is -1.13. The van der Waals surface area contributed by atoms with E-state index in [9.17, 15) is 0 Å². The Morgan fingerprint density at radius 1 is 1.39 bits per heavy atom. The zero-order valence-electron chi connectivity index (χ0n) is 11.5. The van der Waals surface area contributed by atoms with Gasteiger partial charge >= 0.3 is 0 Å². The van der Waals surface area contributed by atoms with Crippen molar-refractivity contribution in [2.75, 3.05) is 7.05 Å². The second-order valence-electron chi connectivity index (χ2n) is 4.80. The molecule has 0 saturated heterocycles. The molecular weight excluding hydrogens is 242 g/mol. The molecule has 4 heteroatoms. The predicted molar refractivity (Wildman–Crippen MR) is 77.3 cm³/mol. The summed E-state index contributed by atoms with van der Waals surface area (Å²) in [6, 6.07) is 2.68. The second-order valence-corrected chi connectivity index (χ2v) is 5.58. The van der Waals surface area contributed by atoms with Gasteiger partial charge in [0, 0.05) is 18.8 Å². The molecule has 1 atom stereocenters. The molecule has 1 N–H and O–H groups in total. The molecule has 0 saturated carbocycles. The first-order chi connectivity index (χ1) is 8.61. The van der Waals surface area contributed by atoms with Crippen molar-refractivity contribution in [1.82, 2.24) is 15.1 Å². The third-order valence-electron chi connectivity index (χ3n) is 3.58. The third-order valence-corrected chi connectivity index (χ3v) is 4.31. The predicted octanol–water partition coefficient (Wildman–Crippen LogP) is 2.47.